The van der Waals surface area contributed by atoms with Crippen LogP contribution in [-0.2, 0) is 4.79 Å². The number of carbonyl (C=O) groups excluding carboxylic acids is 2. The van der Waals surface area contributed by atoms with E-state index in [9.17, 15) is 9.59 Å². The van der Waals surface area contributed by atoms with E-state index in [1.54, 1.807) is 6.20 Å². The summed E-state index contributed by atoms with van der Waals surface area (Å²) in [4.78, 5) is 27.1. The second kappa shape index (κ2) is 10.8. The molecule has 0 aliphatic carbocycles. The van der Waals surface area contributed by atoms with Crippen LogP contribution in [0.4, 0.5) is 0 Å². The van der Waals surface area contributed by atoms with Crippen LogP contribution >= 0.6 is 11.6 Å². The van der Waals surface area contributed by atoms with Gasteiger partial charge in [-0.25, -0.2) is 4.68 Å². The van der Waals surface area contributed by atoms with Crippen LogP contribution in [0.5, 0.6) is 0 Å². The molecule has 1 aliphatic heterocycles. The third-order valence-electron chi connectivity index (χ3n) is 5.53. The van der Waals surface area contributed by atoms with Gasteiger partial charge >= 0.3 is 0 Å². The number of nitrogens with zero attached hydrogens (tertiary/aromatic N) is 3. The molecule has 0 atom stereocenters. The van der Waals surface area contributed by atoms with Gasteiger partial charge in [0, 0.05) is 30.7 Å². The number of aromatic nitrogens is 2. The van der Waals surface area contributed by atoms with Gasteiger partial charge in [0.2, 0.25) is 5.91 Å². The van der Waals surface area contributed by atoms with Crippen molar-refractivity contribution < 1.29 is 9.59 Å². The SMILES string of the molecule is CCCNC(=O)CN1CCC(NC(=O)c2cnn(-c3ccc(Cl)cc3)c2C(C)C)CC1. The molecule has 0 bridgehead atoms. The summed E-state index contributed by atoms with van der Waals surface area (Å²) < 4.78 is 1.81. The standard InChI is InChI=1S/C23H32ClN5O2/c1-4-11-25-21(30)15-28-12-9-18(10-13-28)27-23(31)20-14-26-29(22(20)16(2)3)19-7-5-17(24)6-8-19/h5-8,14,16,18H,4,9-13,15H2,1-3H3,(H,25,30)(H,27,31). The van der Waals surface area contributed by atoms with Crippen molar-refractivity contribution >= 4 is 23.4 Å². The van der Waals surface area contributed by atoms with Crippen LogP contribution in [0.2, 0.25) is 5.02 Å². The Hall–Kier alpha value is -2.38. The van der Waals surface area contributed by atoms with Crippen molar-refractivity contribution in [2.24, 2.45) is 0 Å². The Kier molecular flexibility index (Phi) is 8.09. The molecule has 8 heteroatoms. The lowest BCUT2D eigenvalue weighted by atomic mass is 10.0. The number of hydrogen-bond donors (Lipinski definition) is 2. The number of amides is 2. The van der Waals surface area contributed by atoms with E-state index in [0.29, 0.717) is 23.7 Å². The van der Waals surface area contributed by atoms with E-state index in [1.165, 1.54) is 0 Å². The van der Waals surface area contributed by atoms with Crippen molar-refractivity contribution in [3.05, 3.63) is 46.7 Å². The quantitative estimate of drug-likeness (QED) is 0.652. The van der Waals surface area contributed by atoms with Crippen LogP contribution in [0.1, 0.15) is 62.0 Å². The van der Waals surface area contributed by atoms with Gasteiger partial charge < -0.3 is 10.6 Å². The molecule has 1 fully saturated rings. The molecule has 168 valence electrons. The third kappa shape index (κ3) is 6.08. The zero-order valence-electron chi connectivity index (χ0n) is 18.5. The first-order valence-electron chi connectivity index (χ1n) is 11.0. The van der Waals surface area contributed by atoms with Crippen molar-refractivity contribution in [1.82, 2.24) is 25.3 Å². The van der Waals surface area contributed by atoms with Gasteiger partial charge in [-0.3, -0.25) is 14.5 Å². The summed E-state index contributed by atoms with van der Waals surface area (Å²) in [6.45, 7) is 8.89. The summed E-state index contributed by atoms with van der Waals surface area (Å²) in [6.07, 6.45) is 4.24. The predicted molar refractivity (Wildman–Crippen MR) is 123 cm³/mol. The maximum absolute atomic E-state index is 13.1. The summed E-state index contributed by atoms with van der Waals surface area (Å²) in [5, 5.41) is 11.2. The smallest absolute Gasteiger partial charge is 0.255 e. The average Bonchev–Trinajstić information content (AvgIpc) is 3.20. The lowest BCUT2D eigenvalue weighted by Gasteiger charge is -2.31. The highest BCUT2D eigenvalue weighted by Gasteiger charge is 2.26. The molecule has 1 aliphatic rings. The van der Waals surface area contributed by atoms with Crippen LogP contribution in [-0.4, -0.2) is 58.7 Å². The summed E-state index contributed by atoms with van der Waals surface area (Å²) >= 11 is 6.01. The molecule has 3 rings (SSSR count). The predicted octanol–water partition coefficient (Wildman–Crippen LogP) is 3.37. The van der Waals surface area contributed by atoms with Gasteiger partial charge in [-0.05, 0) is 49.4 Å². The molecule has 0 saturated carbocycles. The van der Waals surface area contributed by atoms with Gasteiger partial charge in [0.05, 0.1) is 29.7 Å². The highest BCUT2D eigenvalue weighted by atomic mass is 35.5. The van der Waals surface area contributed by atoms with Crippen molar-refractivity contribution in [3.8, 4) is 5.69 Å². The first-order valence-corrected chi connectivity index (χ1v) is 11.4. The Morgan fingerprint density at radius 1 is 1.19 bits per heavy atom. The molecular weight excluding hydrogens is 414 g/mol. The number of hydrogen-bond acceptors (Lipinski definition) is 4. The molecule has 7 nitrogen and oxygen atoms in total. The Morgan fingerprint density at radius 3 is 2.48 bits per heavy atom. The van der Waals surface area contributed by atoms with E-state index in [2.05, 4.69) is 34.5 Å². The lowest BCUT2D eigenvalue weighted by Crippen LogP contribution is -2.47. The number of halogens is 1. The molecule has 1 aromatic carbocycles. The van der Waals surface area contributed by atoms with E-state index in [1.807, 2.05) is 35.9 Å². The Labute approximate surface area is 189 Å². The van der Waals surface area contributed by atoms with Gasteiger partial charge in [0.1, 0.15) is 0 Å². The number of carbonyl (C=O) groups is 2. The molecule has 1 aromatic heterocycles. The van der Waals surface area contributed by atoms with E-state index in [-0.39, 0.29) is 23.8 Å². The van der Waals surface area contributed by atoms with E-state index in [0.717, 1.165) is 43.7 Å². The zero-order valence-corrected chi connectivity index (χ0v) is 19.3. The Balaban J connectivity index is 1.61. The first-order chi connectivity index (χ1) is 14.9. The molecule has 1 saturated heterocycles. The van der Waals surface area contributed by atoms with Gasteiger partial charge in [-0.2, -0.15) is 5.10 Å². The number of benzene rings is 1. The van der Waals surface area contributed by atoms with Crippen LogP contribution in [0.25, 0.3) is 5.69 Å². The number of piperidine rings is 1. The maximum Gasteiger partial charge on any atom is 0.255 e. The Morgan fingerprint density at radius 2 is 1.87 bits per heavy atom. The summed E-state index contributed by atoms with van der Waals surface area (Å²) in [7, 11) is 0. The summed E-state index contributed by atoms with van der Waals surface area (Å²) in [5.74, 6) is 0.103. The summed E-state index contributed by atoms with van der Waals surface area (Å²) in [6, 6.07) is 7.53. The normalized spacial score (nSPS) is 15.3. The van der Waals surface area contributed by atoms with Gasteiger partial charge in [-0.15, -0.1) is 0 Å². The summed E-state index contributed by atoms with van der Waals surface area (Å²) in [5.41, 5.74) is 2.36. The minimum atomic E-state index is -0.0944. The molecule has 31 heavy (non-hydrogen) atoms. The zero-order chi connectivity index (χ0) is 22.4. The van der Waals surface area contributed by atoms with Gasteiger partial charge in [0.25, 0.3) is 5.91 Å². The molecule has 2 amide bonds. The van der Waals surface area contributed by atoms with Crippen molar-refractivity contribution in [2.75, 3.05) is 26.2 Å². The van der Waals surface area contributed by atoms with Crippen LogP contribution in [0.15, 0.2) is 30.5 Å². The highest BCUT2D eigenvalue weighted by molar-refractivity contribution is 6.30. The molecule has 2 heterocycles. The van der Waals surface area contributed by atoms with Crippen LogP contribution in [0.3, 0.4) is 0 Å². The highest BCUT2D eigenvalue weighted by Crippen LogP contribution is 2.24. The van der Waals surface area contributed by atoms with Crippen molar-refractivity contribution in [2.45, 2.75) is 52.0 Å². The molecular formula is C23H32ClN5O2. The van der Waals surface area contributed by atoms with Gasteiger partial charge in [0.15, 0.2) is 0 Å². The second-order valence-corrected chi connectivity index (χ2v) is 8.80. The largest absolute Gasteiger partial charge is 0.355 e. The van der Waals surface area contributed by atoms with Gasteiger partial charge in [-0.1, -0.05) is 32.4 Å². The van der Waals surface area contributed by atoms with E-state index in [4.69, 9.17) is 11.6 Å². The fourth-order valence-corrected chi connectivity index (χ4v) is 4.02. The molecule has 2 aromatic rings. The topological polar surface area (TPSA) is 79.3 Å². The molecule has 0 spiro atoms. The van der Waals surface area contributed by atoms with E-state index < -0.39 is 0 Å². The number of likely N-dealkylation sites (tertiary alicyclic amines) is 1. The fraction of sp³-hybridized carbons (Fsp3) is 0.522. The average molecular weight is 446 g/mol. The molecule has 0 radical (unpaired) electrons. The Bertz CT molecular complexity index is 886. The maximum atomic E-state index is 13.1. The van der Waals surface area contributed by atoms with Crippen molar-refractivity contribution in [3.63, 3.8) is 0 Å². The fourth-order valence-electron chi connectivity index (χ4n) is 3.90. The monoisotopic (exact) mass is 445 g/mol. The molecule has 0 unspecified atom stereocenters. The number of rotatable bonds is 8. The lowest BCUT2D eigenvalue weighted by molar-refractivity contribution is -0.122. The van der Waals surface area contributed by atoms with Crippen LogP contribution < -0.4 is 10.6 Å². The first kappa shape index (κ1) is 23.3. The van der Waals surface area contributed by atoms with Crippen molar-refractivity contribution in [1.29, 1.82) is 0 Å². The minimum Gasteiger partial charge on any atom is -0.355 e. The molecule has 2 N–H and O–H groups in total. The number of nitrogens with one attached hydrogen (secondary N) is 2. The van der Waals surface area contributed by atoms with E-state index >= 15 is 0 Å². The third-order valence-corrected chi connectivity index (χ3v) is 5.78. The second-order valence-electron chi connectivity index (χ2n) is 8.36. The minimum absolute atomic E-state index is 0.0699. The van der Waals surface area contributed by atoms with Crippen LogP contribution in [0, 0.1) is 0 Å².